The number of nitro groups is 1. The van der Waals surface area contributed by atoms with Crippen molar-refractivity contribution in [3.8, 4) is 0 Å². The van der Waals surface area contributed by atoms with Gasteiger partial charge < -0.3 is 9.47 Å². The zero-order valence-corrected chi connectivity index (χ0v) is 13.3. The van der Waals surface area contributed by atoms with E-state index in [1.165, 1.54) is 12.3 Å². The monoisotopic (exact) mass is 316 g/mol. The molecule has 0 radical (unpaired) electrons. The van der Waals surface area contributed by atoms with Crippen LogP contribution in [0.3, 0.4) is 0 Å². The predicted molar refractivity (Wildman–Crippen MR) is 85.1 cm³/mol. The molecule has 0 saturated carbocycles. The highest BCUT2D eigenvalue weighted by atomic mass is 16.6. The first-order valence-corrected chi connectivity index (χ1v) is 7.81. The van der Waals surface area contributed by atoms with E-state index < -0.39 is 4.92 Å². The summed E-state index contributed by atoms with van der Waals surface area (Å²) in [6.45, 7) is 6.06. The molecule has 3 heterocycles. The Bertz CT molecular complexity index is 682. The standard InChI is InChI=1S/C15H20N6O2/c1-11(2)9-19-10-17-18-15(19)13-4-3-7-20(13)14-6-5-12(8-16-14)21(22)23/h5-6,8,10-11,13H,3-4,7,9H2,1-2H3. The van der Waals surface area contributed by atoms with Gasteiger partial charge in [0.2, 0.25) is 0 Å². The lowest BCUT2D eigenvalue weighted by molar-refractivity contribution is -0.385. The van der Waals surface area contributed by atoms with Crippen molar-refractivity contribution in [2.45, 2.75) is 39.3 Å². The van der Waals surface area contributed by atoms with Gasteiger partial charge in [-0.25, -0.2) is 4.98 Å². The van der Waals surface area contributed by atoms with Crippen LogP contribution in [0.5, 0.6) is 0 Å². The second kappa shape index (κ2) is 6.31. The normalized spacial score (nSPS) is 17.9. The van der Waals surface area contributed by atoms with Gasteiger partial charge in [0.25, 0.3) is 5.69 Å². The Morgan fingerprint density at radius 1 is 1.43 bits per heavy atom. The number of pyridine rings is 1. The van der Waals surface area contributed by atoms with E-state index in [9.17, 15) is 10.1 Å². The van der Waals surface area contributed by atoms with E-state index in [4.69, 9.17) is 0 Å². The third-order valence-corrected chi connectivity index (χ3v) is 4.00. The minimum atomic E-state index is -0.433. The highest BCUT2D eigenvalue weighted by Crippen LogP contribution is 2.34. The van der Waals surface area contributed by atoms with Crippen LogP contribution in [-0.4, -0.2) is 31.2 Å². The van der Waals surface area contributed by atoms with E-state index in [2.05, 4.69) is 38.5 Å². The Morgan fingerprint density at radius 2 is 2.26 bits per heavy atom. The molecule has 1 atom stereocenters. The summed E-state index contributed by atoms with van der Waals surface area (Å²) in [6, 6.07) is 3.32. The summed E-state index contributed by atoms with van der Waals surface area (Å²) in [7, 11) is 0. The number of aromatic nitrogens is 4. The smallest absolute Gasteiger partial charge is 0.287 e. The Hall–Kier alpha value is -2.51. The van der Waals surface area contributed by atoms with Crippen molar-refractivity contribution in [1.29, 1.82) is 0 Å². The molecule has 0 N–H and O–H groups in total. The first kappa shape index (κ1) is 15.4. The van der Waals surface area contributed by atoms with Gasteiger partial charge in [-0.15, -0.1) is 10.2 Å². The molecular formula is C15H20N6O2. The molecule has 23 heavy (non-hydrogen) atoms. The zero-order valence-electron chi connectivity index (χ0n) is 13.3. The number of anilines is 1. The quantitative estimate of drug-likeness (QED) is 0.622. The van der Waals surface area contributed by atoms with Crippen LogP contribution < -0.4 is 4.90 Å². The molecule has 0 aromatic carbocycles. The summed E-state index contributed by atoms with van der Waals surface area (Å²) in [5, 5.41) is 19.1. The third-order valence-electron chi connectivity index (χ3n) is 4.00. The number of hydrogen-bond donors (Lipinski definition) is 0. The van der Waals surface area contributed by atoms with E-state index >= 15 is 0 Å². The topological polar surface area (TPSA) is 90.0 Å². The van der Waals surface area contributed by atoms with Crippen LogP contribution in [0.15, 0.2) is 24.7 Å². The molecule has 122 valence electrons. The second-order valence-corrected chi connectivity index (χ2v) is 6.22. The van der Waals surface area contributed by atoms with Gasteiger partial charge in [-0.2, -0.15) is 0 Å². The Labute approximate surface area is 134 Å². The van der Waals surface area contributed by atoms with Crippen molar-refractivity contribution in [3.05, 3.63) is 40.6 Å². The largest absolute Gasteiger partial charge is 0.346 e. The second-order valence-electron chi connectivity index (χ2n) is 6.22. The van der Waals surface area contributed by atoms with Crippen molar-refractivity contribution in [1.82, 2.24) is 19.7 Å². The summed E-state index contributed by atoms with van der Waals surface area (Å²) in [5.41, 5.74) is 0.00692. The first-order valence-electron chi connectivity index (χ1n) is 7.81. The summed E-state index contributed by atoms with van der Waals surface area (Å²) < 4.78 is 2.10. The van der Waals surface area contributed by atoms with Gasteiger partial charge >= 0.3 is 0 Å². The molecule has 0 aliphatic carbocycles. The molecule has 3 rings (SSSR count). The van der Waals surface area contributed by atoms with E-state index in [1.807, 2.05) is 0 Å². The van der Waals surface area contributed by atoms with Crippen LogP contribution in [0, 0.1) is 16.0 Å². The number of nitrogens with zero attached hydrogens (tertiary/aromatic N) is 6. The summed E-state index contributed by atoms with van der Waals surface area (Å²) >= 11 is 0. The van der Waals surface area contributed by atoms with Crippen molar-refractivity contribution >= 4 is 11.5 Å². The molecule has 2 aromatic heterocycles. The van der Waals surface area contributed by atoms with E-state index in [0.29, 0.717) is 5.92 Å². The lowest BCUT2D eigenvalue weighted by Crippen LogP contribution is -2.26. The average Bonchev–Trinajstić information content (AvgIpc) is 3.15. The highest BCUT2D eigenvalue weighted by Gasteiger charge is 2.31. The molecular weight excluding hydrogens is 296 g/mol. The fraction of sp³-hybridized carbons (Fsp3) is 0.533. The Morgan fingerprint density at radius 3 is 2.91 bits per heavy atom. The van der Waals surface area contributed by atoms with Crippen molar-refractivity contribution < 1.29 is 4.92 Å². The molecule has 0 bridgehead atoms. The predicted octanol–water partition coefficient (Wildman–Crippen LogP) is 2.58. The SMILES string of the molecule is CC(C)Cn1cnnc1C1CCCN1c1ccc([N+](=O)[O-])cn1. The molecule has 1 unspecified atom stereocenters. The lowest BCUT2D eigenvalue weighted by Gasteiger charge is -2.25. The maximum atomic E-state index is 10.8. The van der Waals surface area contributed by atoms with Crippen LogP contribution in [0.4, 0.5) is 11.5 Å². The first-order chi connectivity index (χ1) is 11.1. The van der Waals surface area contributed by atoms with Gasteiger partial charge in [0.1, 0.15) is 18.3 Å². The maximum Gasteiger partial charge on any atom is 0.287 e. The van der Waals surface area contributed by atoms with Gasteiger partial charge in [-0.3, -0.25) is 10.1 Å². The Balaban J connectivity index is 1.85. The average molecular weight is 316 g/mol. The minimum absolute atomic E-state index is 0.00692. The van der Waals surface area contributed by atoms with Gasteiger partial charge in [-0.1, -0.05) is 13.8 Å². The molecule has 0 spiro atoms. The van der Waals surface area contributed by atoms with Crippen molar-refractivity contribution in [2.24, 2.45) is 5.92 Å². The molecule has 8 nitrogen and oxygen atoms in total. The molecule has 1 aliphatic heterocycles. The summed E-state index contributed by atoms with van der Waals surface area (Å²) in [4.78, 5) is 16.7. The summed E-state index contributed by atoms with van der Waals surface area (Å²) in [5.74, 6) is 2.20. The van der Waals surface area contributed by atoms with Crippen LogP contribution in [0.25, 0.3) is 0 Å². The molecule has 1 aliphatic rings. The summed E-state index contributed by atoms with van der Waals surface area (Å²) in [6.07, 6.45) is 5.10. The van der Waals surface area contributed by atoms with Crippen molar-refractivity contribution in [3.63, 3.8) is 0 Å². The molecule has 0 amide bonds. The van der Waals surface area contributed by atoms with Crippen molar-refractivity contribution in [2.75, 3.05) is 11.4 Å². The van der Waals surface area contributed by atoms with Gasteiger partial charge in [-0.05, 0) is 24.8 Å². The van der Waals surface area contributed by atoms with Gasteiger partial charge in [0, 0.05) is 19.2 Å². The molecule has 1 saturated heterocycles. The lowest BCUT2D eigenvalue weighted by atomic mass is 10.2. The van der Waals surface area contributed by atoms with E-state index in [1.54, 1.807) is 12.4 Å². The molecule has 8 heteroatoms. The molecule has 2 aromatic rings. The van der Waals surface area contributed by atoms with Crippen LogP contribution in [-0.2, 0) is 6.54 Å². The zero-order chi connectivity index (χ0) is 16.4. The maximum absolute atomic E-state index is 10.8. The third kappa shape index (κ3) is 3.15. The van der Waals surface area contributed by atoms with E-state index in [-0.39, 0.29) is 11.7 Å². The van der Waals surface area contributed by atoms with Gasteiger partial charge in [0.15, 0.2) is 5.82 Å². The van der Waals surface area contributed by atoms with Crippen LogP contribution in [0.1, 0.15) is 38.6 Å². The van der Waals surface area contributed by atoms with Crippen LogP contribution >= 0.6 is 0 Å². The fourth-order valence-electron chi connectivity index (χ4n) is 3.02. The van der Waals surface area contributed by atoms with Gasteiger partial charge in [0.05, 0.1) is 11.0 Å². The minimum Gasteiger partial charge on any atom is -0.346 e. The number of rotatable bonds is 5. The van der Waals surface area contributed by atoms with E-state index in [0.717, 1.165) is 37.6 Å². The number of hydrogen-bond acceptors (Lipinski definition) is 6. The fourth-order valence-corrected chi connectivity index (χ4v) is 3.02. The van der Waals surface area contributed by atoms with Crippen LogP contribution in [0.2, 0.25) is 0 Å². The highest BCUT2D eigenvalue weighted by molar-refractivity contribution is 5.45. The Kier molecular flexibility index (Phi) is 4.22. The molecule has 1 fully saturated rings.